The molecule has 0 N–H and O–H groups in total. The molecule has 1 aromatic heterocycles. The summed E-state index contributed by atoms with van der Waals surface area (Å²) in [6.07, 6.45) is 2.08. The summed E-state index contributed by atoms with van der Waals surface area (Å²) in [4.78, 5) is 30.9. The van der Waals surface area contributed by atoms with E-state index < -0.39 is 0 Å². The van der Waals surface area contributed by atoms with Crippen molar-refractivity contribution in [3.05, 3.63) is 46.2 Å². The fraction of sp³-hybridized carbons (Fsp3) is 0.312. The van der Waals surface area contributed by atoms with Crippen molar-refractivity contribution in [2.45, 2.75) is 13.3 Å². The Morgan fingerprint density at radius 3 is 2.68 bits per heavy atom. The molecular weight excluding hydrogens is 298 g/mol. The second kappa shape index (κ2) is 5.88. The summed E-state index contributed by atoms with van der Waals surface area (Å²) in [5, 5.41) is 1.88. The van der Waals surface area contributed by atoms with Gasteiger partial charge in [0.05, 0.1) is 5.92 Å². The minimum Gasteiger partial charge on any atom is -0.327 e. The van der Waals surface area contributed by atoms with Crippen molar-refractivity contribution in [2.24, 2.45) is 18.0 Å². The quantitative estimate of drug-likeness (QED) is 0.849. The van der Waals surface area contributed by atoms with Crippen LogP contribution in [0.15, 0.2) is 40.8 Å². The van der Waals surface area contributed by atoms with Crippen LogP contribution in [0, 0.1) is 12.8 Å². The zero-order valence-electron chi connectivity index (χ0n) is 12.5. The molecule has 1 atom stereocenters. The summed E-state index contributed by atoms with van der Waals surface area (Å²) < 4.78 is 1.80. The monoisotopic (exact) mass is 315 g/mol. The first-order chi connectivity index (χ1) is 10.5. The molecule has 2 amide bonds. The Labute approximate surface area is 132 Å². The van der Waals surface area contributed by atoms with E-state index >= 15 is 0 Å². The van der Waals surface area contributed by atoms with Gasteiger partial charge in [-0.2, -0.15) is 4.99 Å². The van der Waals surface area contributed by atoms with Gasteiger partial charge in [0, 0.05) is 37.3 Å². The highest BCUT2D eigenvalue weighted by Gasteiger charge is 2.35. The van der Waals surface area contributed by atoms with E-state index in [1.807, 2.05) is 49.8 Å². The molecule has 1 saturated heterocycles. The van der Waals surface area contributed by atoms with Crippen LogP contribution in [0.2, 0.25) is 0 Å². The predicted molar refractivity (Wildman–Crippen MR) is 85.5 cm³/mol. The number of nitrogens with zero attached hydrogens (tertiary/aromatic N) is 3. The molecule has 0 bridgehead atoms. The molecule has 114 valence electrons. The van der Waals surface area contributed by atoms with Gasteiger partial charge >= 0.3 is 0 Å². The zero-order valence-corrected chi connectivity index (χ0v) is 13.3. The van der Waals surface area contributed by atoms with Gasteiger partial charge in [-0.05, 0) is 19.1 Å². The molecule has 1 fully saturated rings. The number of aryl methyl sites for hydroxylation is 2. The molecule has 22 heavy (non-hydrogen) atoms. The van der Waals surface area contributed by atoms with Crippen molar-refractivity contribution in [3.8, 4) is 0 Å². The van der Waals surface area contributed by atoms with E-state index in [2.05, 4.69) is 4.99 Å². The topological polar surface area (TPSA) is 54.7 Å². The largest absolute Gasteiger partial charge is 0.327 e. The van der Waals surface area contributed by atoms with Gasteiger partial charge in [0.1, 0.15) is 0 Å². The normalized spacial score (nSPS) is 19.0. The van der Waals surface area contributed by atoms with Gasteiger partial charge in [-0.25, -0.2) is 0 Å². The summed E-state index contributed by atoms with van der Waals surface area (Å²) in [6, 6.07) is 7.76. The molecule has 1 unspecified atom stereocenters. The molecular formula is C16H17N3O2S. The number of rotatable bonds is 2. The van der Waals surface area contributed by atoms with Crippen molar-refractivity contribution >= 4 is 28.8 Å². The number of hydrogen-bond acceptors (Lipinski definition) is 3. The van der Waals surface area contributed by atoms with Gasteiger partial charge < -0.3 is 9.47 Å². The van der Waals surface area contributed by atoms with Crippen LogP contribution in [-0.4, -0.2) is 22.9 Å². The summed E-state index contributed by atoms with van der Waals surface area (Å²) >= 11 is 1.41. The first-order valence-corrected chi connectivity index (χ1v) is 7.98. The maximum atomic E-state index is 12.3. The van der Waals surface area contributed by atoms with E-state index in [0.29, 0.717) is 11.3 Å². The van der Waals surface area contributed by atoms with Crippen molar-refractivity contribution in [3.63, 3.8) is 0 Å². The molecule has 0 aliphatic carbocycles. The average molecular weight is 315 g/mol. The van der Waals surface area contributed by atoms with E-state index in [9.17, 15) is 9.59 Å². The average Bonchev–Trinajstić information content (AvgIpc) is 3.07. The zero-order chi connectivity index (χ0) is 15.7. The van der Waals surface area contributed by atoms with E-state index in [0.717, 1.165) is 11.3 Å². The Bertz CT molecular complexity index is 773. The molecule has 6 heteroatoms. The van der Waals surface area contributed by atoms with Crippen LogP contribution in [0.5, 0.6) is 0 Å². The highest BCUT2D eigenvalue weighted by Crippen LogP contribution is 2.26. The fourth-order valence-corrected chi connectivity index (χ4v) is 3.20. The summed E-state index contributed by atoms with van der Waals surface area (Å²) in [5.41, 5.74) is 1.98. The molecule has 1 aromatic carbocycles. The van der Waals surface area contributed by atoms with Crippen LogP contribution in [0.1, 0.15) is 12.0 Å². The Hall–Kier alpha value is -2.21. The van der Waals surface area contributed by atoms with Crippen LogP contribution in [0.4, 0.5) is 5.69 Å². The minimum absolute atomic E-state index is 0.0204. The van der Waals surface area contributed by atoms with Gasteiger partial charge in [0.25, 0.3) is 5.91 Å². The lowest BCUT2D eigenvalue weighted by Gasteiger charge is -2.16. The first kappa shape index (κ1) is 14.7. The van der Waals surface area contributed by atoms with Crippen molar-refractivity contribution in [1.82, 2.24) is 4.57 Å². The number of carbonyl (C=O) groups is 2. The molecule has 3 rings (SSSR count). The molecule has 5 nitrogen and oxygen atoms in total. The van der Waals surface area contributed by atoms with Gasteiger partial charge in [-0.15, -0.1) is 11.3 Å². The van der Waals surface area contributed by atoms with Gasteiger partial charge in [-0.1, -0.05) is 17.7 Å². The second-order valence-corrected chi connectivity index (χ2v) is 6.36. The maximum Gasteiger partial charge on any atom is 0.253 e. The van der Waals surface area contributed by atoms with Gasteiger partial charge in [0.15, 0.2) is 4.80 Å². The van der Waals surface area contributed by atoms with E-state index in [-0.39, 0.29) is 24.2 Å². The Morgan fingerprint density at radius 1 is 1.32 bits per heavy atom. The lowest BCUT2D eigenvalue weighted by Crippen LogP contribution is -2.26. The minimum atomic E-state index is -0.365. The van der Waals surface area contributed by atoms with Crippen LogP contribution < -0.4 is 9.70 Å². The SMILES string of the molecule is Cc1ccc(N2CC(C(=O)N=c3sccn3C)CC2=O)cc1. The summed E-state index contributed by atoms with van der Waals surface area (Å²) in [6.45, 7) is 2.40. The highest BCUT2D eigenvalue weighted by atomic mass is 32.1. The Balaban J connectivity index is 1.78. The Morgan fingerprint density at radius 2 is 2.05 bits per heavy atom. The second-order valence-electron chi connectivity index (χ2n) is 5.49. The van der Waals surface area contributed by atoms with Crippen LogP contribution >= 0.6 is 11.3 Å². The Kier molecular flexibility index (Phi) is 3.94. The van der Waals surface area contributed by atoms with Crippen molar-refractivity contribution in [2.75, 3.05) is 11.4 Å². The number of carbonyl (C=O) groups excluding carboxylic acids is 2. The lowest BCUT2D eigenvalue weighted by atomic mass is 10.1. The van der Waals surface area contributed by atoms with Crippen LogP contribution in [0.3, 0.4) is 0 Å². The fourth-order valence-electron chi connectivity index (χ4n) is 2.47. The number of thiazole rings is 1. The van der Waals surface area contributed by atoms with Crippen molar-refractivity contribution < 1.29 is 9.59 Å². The third-order valence-electron chi connectivity index (χ3n) is 3.79. The van der Waals surface area contributed by atoms with Crippen molar-refractivity contribution in [1.29, 1.82) is 0 Å². The summed E-state index contributed by atoms with van der Waals surface area (Å²) in [5.74, 6) is -0.607. The van der Waals surface area contributed by atoms with Crippen LogP contribution in [-0.2, 0) is 16.6 Å². The molecule has 1 aliphatic rings. The molecule has 1 aliphatic heterocycles. The first-order valence-electron chi connectivity index (χ1n) is 7.10. The molecule has 2 aromatic rings. The predicted octanol–water partition coefficient (Wildman–Crippen LogP) is 1.88. The number of amides is 2. The smallest absolute Gasteiger partial charge is 0.253 e. The molecule has 0 radical (unpaired) electrons. The number of benzene rings is 1. The maximum absolute atomic E-state index is 12.3. The number of aromatic nitrogens is 1. The summed E-state index contributed by atoms with van der Waals surface area (Å²) in [7, 11) is 1.85. The third-order valence-corrected chi connectivity index (χ3v) is 4.63. The van der Waals surface area contributed by atoms with Gasteiger partial charge in [-0.3, -0.25) is 9.59 Å². The number of anilines is 1. The van der Waals surface area contributed by atoms with Gasteiger partial charge in [0.2, 0.25) is 5.91 Å². The standard InChI is InChI=1S/C16H17N3O2S/c1-11-3-5-13(6-4-11)19-10-12(9-14(19)20)15(21)17-16-18(2)7-8-22-16/h3-8,12H,9-10H2,1-2H3. The van der Waals surface area contributed by atoms with E-state index in [1.165, 1.54) is 11.3 Å². The highest BCUT2D eigenvalue weighted by molar-refractivity contribution is 7.07. The van der Waals surface area contributed by atoms with Crippen LogP contribution in [0.25, 0.3) is 0 Å². The lowest BCUT2D eigenvalue weighted by molar-refractivity contribution is -0.123. The van der Waals surface area contributed by atoms with E-state index in [4.69, 9.17) is 0 Å². The third kappa shape index (κ3) is 2.87. The van der Waals surface area contributed by atoms with E-state index in [1.54, 1.807) is 9.47 Å². The molecule has 0 saturated carbocycles. The number of hydrogen-bond donors (Lipinski definition) is 0. The molecule has 0 spiro atoms. The molecule has 2 heterocycles.